The number of amidine groups is 1. The molecule has 0 unspecified atom stereocenters. The largest absolute Gasteiger partial charge is 0.409 e. The van der Waals surface area contributed by atoms with Crippen LogP contribution in [0.5, 0.6) is 0 Å². The molecule has 0 spiro atoms. The lowest BCUT2D eigenvalue weighted by Crippen LogP contribution is -2.18. The van der Waals surface area contributed by atoms with Crippen molar-refractivity contribution in [3.05, 3.63) is 50.4 Å². The number of aromatic nitrogens is 1. The molecule has 5 nitrogen and oxygen atoms in total. The van der Waals surface area contributed by atoms with Gasteiger partial charge in [0.25, 0.3) is 0 Å². The summed E-state index contributed by atoms with van der Waals surface area (Å²) in [5.74, 6) is 0.0529. The van der Waals surface area contributed by atoms with Gasteiger partial charge < -0.3 is 10.9 Å². The van der Waals surface area contributed by atoms with Gasteiger partial charge in [0.1, 0.15) is 0 Å². The van der Waals surface area contributed by atoms with Crippen LogP contribution in [0.25, 0.3) is 0 Å². The van der Waals surface area contributed by atoms with Gasteiger partial charge in [-0.25, -0.2) is 4.98 Å². The molecule has 0 aliphatic carbocycles. The molecule has 1 aromatic carbocycles. The topological polar surface area (TPSA) is 74.7 Å². The molecule has 3 N–H and O–H groups in total. The second kappa shape index (κ2) is 6.89. The van der Waals surface area contributed by atoms with Crippen LogP contribution in [0.15, 0.2) is 28.9 Å². The van der Waals surface area contributed by atoms with E-state index < -0.39 is 0 Å². The molecule has 0 saturated heterocycles. The molecule has 7 heteroatoms. The number of thiazole rings is 1. The number of hydrogen-bond donors (Lipinski definition) is 2. The molecule has 1 aromatic heterocycles. The highest BCUT2D eigenvalue weighted by molar-refractivity contribution is 7.09. The number of rotatable bonds is 5. The summed E-state index contributed by atoms with van der Waals surface area (Å²) in [5.41, 5.74) is 10.1. The van der Waals surface area contributed by atoms with Crippen LogP contribution < -0.4 is 5.73 Å². The molecule has 0 atom stereocenters. The van der Waals surface area contributed by atoms with E-state index >= 15 is 0 Å². The number of halogens is 1. The van der Waals surface area contributed by atoms with Crippen molar-refractivity contribution in [2.24, 2.45) is 10.9 Å². The van der Waals surface area contributed by atoms with E-state index in [1.54, 1.807) is 23.5 Å². The van der Waals surface area contributed by atoms with E-state index in [1.165, 1.54) is 4.88 Å². The number of aryl methyl sites for hydroxylation is 1. The van der Waals surface area contributed by atoms with Gasteiger partial charge in [-0.2, -0.15) is 0 Å². The minimum absolute atomic E-state index is 0.0529. The predicted molar refractivity (Wildman–Crippen MR) is 86.0 cm³/mol. The van der Waals surface area contributed by atoms with Crippen molar-refractivity contribution in [2.45, 2.75) is 20.0 Å². The Kier molecular flexibility index (Phi) is 5.17. The SMILES string of the molecule is Cc1ncsc1CN(C)Cc1ccc(/C(N)=N/O)cc1Cl. The van der Waals surface area contributed by atoms with Crippen molar-refractivity contribution < 1.29 is 5.21 Å². The first-order valence-electron chi connectivity index (χ1n) is 6.35. The molecule has 0 aliphatic heterocycles. The summed E-state index contributed by atoms with van der Waals surface area (Å²) in [5, 5.41) is 12.2. The fourth-order valence-electron chi connectivity index (χ4n) is 1.96. The maximum atomic E-state index is 8.67. The zero-order valence-corrected chi connectivity index (χ0v) is 13.4. The Morgan fingerprint density at radius 1 is 1.48 bits per heavy atom. The number of benzene rings is 1. The summed E-state index contributed by atoms with van der Waals surface area (Å²) in [6.45, 7) is 3.56. The number of hydrogen-bond acceptors (Lipinski definition) is 5. The molecule has 1 heterocycles. The Balaban J connectivity index is 2.07. The van der Waals surface area contributed by atoms with E-state index in [0.717, 1.165) is 17.8 Å². The van der Waals surface area contributed by atoms with Gasteiger partial charge in [0.2, 0.25) is 0 Å². The first-order chi connectivity index (χ1) is 10.0. The van der Waals surface area contributed by atoms with Gasteiger partial charge in [-0.3, -0.25) is 4.90 Å². The fraction of sp³-hybridized carbons (Fsp3) is 0.286. The molecule has 0 aliphatic rings. The predicted octanol–water partition coefficient (Wildman–Crippen LogP) is 2.83. The average Bonchev–Trinajstić information content (AvgIpc) is 2.85. The third-order valence-corrected chi connectivity index (χ3v) is 4.43. The van der Waals surface area contributed by atoms with Crippen molar-refractivity contribution in [3.63, 3.8) is 0 Å². The zero-order chi connectivity index (χ0) is 15.4. The van der Waals surface area contributed by atoms with E-state index in [2.05, 4.69) is 15.0 Å². The van der Waals surface area contributed by atoms with Crippen LogP contribution in [-0.2, 0) is 13.1 Å². The van der Waals surface area contributed by atoms with Gasteiger partial charge in [-0.1, -0.05) is 28.9 Å². The van der Waals surface area contributed by atoms with Crippen LogP contribution in [0.2, 0.25) is 5.02 Å². The highest BCUT2D eigenvalue weighted by Gasteiger charge is 2.10. The van der Waals surface area contributed by atoms with Gasteiger partial charge in [-0.15, -0.1) is 11.3 Å². The molecule has 21 heavy (non-hydrogen) atoms. The van der Waals surface area contributed by atoms with Crippen LogP contribution >= 0.6 is 22.9 Å². The van der Waals surface area contributed by atoms with Crippen molar-refractivity contribution in [3.8, 4) is 0 Å². The normalized spacial score (nSPS) is 12.1. The van der Waals surface area contributed by atoms with Crippen molar-refractivity contribution in [1.82, 2.24) is 9.88 Å². The van der Waals surface area contributed by atoms with Crippen molar-refractivity contribution >= 4 is 28.8 Å². The number of nitrogens with zero attached hydrogens (tertiary/aromatic N) is 3. The van der Waals surface area contributed by atoms with Gasteiger partial charge in [0.15, 0.2) is 5.84 Å². The van der Waals surface area contributed by atoms with E-state index in [9.17, 15) is 0 Å². The number of nitrogens with two attached hydrogens (primary N) is 1. The zero-order valence-electron chi connectivity index (χ0n) is 11.9. The molecule has 0 amide bonds. The van der Waals surface area contributed by atoms with Crippen LogP contribution in [0, 0.1) is 6.92 Å². The minimum atomic E-state index is 0.0529. The first-order valence-corrected chi connectivity index (χ1v) is 7.61. The van der Waals surface area contributed by atoms with E-state index in [4.69, 9.17) is 22.5 Å². The molecular formula is C14H17ClN4OS. The second-order valence-corrected chi connectivity index (χ2v) is 6.17. The average molecular weight is 325 g/mol. The van der Waals surface area contributed by atoms with Gasteiger partial charge in [-0.05, 0) is 25.6 Å². The molecule has 0 bridgehead atoms. The Morgan fingerprint density at radius 2 is 2.24 bits per heavy atom. The molecule has 0 fully saturated rings. The lowest BCUT2D eigenvalue weighted by atomic mass is 10.1. The maximum Gasteiger partial charge on any atom is 0.170 e. The third-order valence-electron chi connectivity index (χ3n) is 3.16. The highest BCUT2D eigenvalue weighted by Crippen LogP contribution is 2.21. The standard InChI is InChI=1S/C14H17ClN4OS/c1-9-13(21-8-17-9)7-19(2)6-11-4-3-10(5-12(11)15)14(16)18-20/h3-5,8,20H,6-7H2,1-2H3,(H2,16,18). The monoisotopic (exact) mass is 324 g/mol. The van der Waals surface area contributed by atoms with Gasteiger partial charge in [0.05, 0.1) is 11.2 Å². The minimum Gasteiger partial charge on any atom is -0.409 e. The van der Waals surface area contributed by atoms with Crippen LogP contribution in [0.4, 0.5) is 0 Å². The Hall–Kier alpha value is -1.63. The molecule has 0 radical (unpaired) electrons. The number of oxime groups is 1. The Morgan fingerprint density at radius 3 is 2.81 bits per heavy atom. The molecule has 2 rings (SSSR count). The van der Waals surface area contributed by atoms with E-state index in [0.29, 0.717) is 17.1 Å². The summed E-state index contributed by atoms with van der Waals surface area (Å²) < 4.78 is 0. The summed E-state index contributed by atoms with van der Waals surface area (Å²) >= 11 is 7.92. The van der Waals surface area contributed by atoms with Crippen LogP contribution in [-0.4, -0.2) is 28.0 Å². The summed E-state index contributed by atoms with van der Waals surface area (Å²) in [6, 6.07) is 5.39. The summed E-state index contributed by atoms with van der Waals surface area (Å²) in [4.78, 5) is 7.67. The van der Waals surface area contributed by atoms with Crippen molar-refractivity contribution in [1.29, 1.82) is 0 Å². The Bertz CT molecular complexity index is 656. The third kappa shape index (κ3) is 3.93. The summed E-state index contributed by atoms with van der Waals surface area (Å²) in [6.07, 6.45) is 0. The maximum absolute atomic E-state index is 8.67. The smallest absolute Gasteiger partial charge is 0.170 e. The second-order valence-electron chi connectivity index (χ2n) is 4.82. The Labute approximate surface area is 132 Å². The van der Waals surface area contributed by atoms with Gasteiger partial charge >= 0.3 is 0 Å². The highest BCUT2D eigenvalue weighted by atomic mass is 35.5. The molecule has 0 saturated carbocycles. The van der Waals surface area contributed by atoms with E-state index in [-0.39, 0.29) is 5.84 Å². The molecular weight excluding hydrogens is 308 g/mol. The van der Waals surface area contributed by atoms with Crippen LogP contribution in [0.1, 0.15) is 21.7 Å². The lowest BCUT2D eigenvalue weighted by molar-refractivity contribution is 0.318. The van der Waals surface area contributed by atoms with Crippen molar-refractivity contribution in [2.75, 3.05) is 7.05 Å². The lowest BCUT2D eigenvalue weighted by Gasteiger charge is -2.17. The summed E-state index contributed by atoms with van der Waals surface area (Å²) in [7, 11) is 2.03. The van der Waals surface area contributed by atoms with Crippen LogP contribution in [0.3, 0.4) is 0 Å². The molecule has 2 aromatic rings. The molecule has 112 valence electrons. The quantitative estimate of drug-likeness (QED) is 0.384. The van der Waals surface area contributed by atoms with E-state index in [1.807, 2.05) is 25.5 Å². The first kappa shape index (κ1) is 15.8. The van der Waals surface area contributed by atoms with Gasteiger partial charge in [0, 0.05) is 28.6 Å². The fourth-order valence-corrected chi connectivity index (χ4v) is 3.06.